The quantitative estimate of drug-likeness (QED) is 0.602. The predicted molar refractivity (Wildman–Crippen MR) is 51.8 cm³/mol. The highest BCUT2D eigenvalue weighted by molar-refractivity contribution is 4.98. The molecule has 0 saturated carbocycles. The zero-order valence-corrected chi connectivity index (χ0v) is 8.28. The summed E-state index contributed by atoms with van der Waals surface area (Å²) in [6.07, 6.45) is 4.71. The molecule has 11 heavy (non-hydrogen) atoms. The Bertz CT molecular complexity index is 116. The van der Waals surface area contributed by atoms with Crippen molar-refractivity contribution < 1.29 is 0 Å². The maximum absolute atomic E-state index is 3.19. The molecule has 0 radical (unpaired) electrons. The Balaban J connectivity index is 3.56. The second kappa shape index (κ2) is 6.41. The highest BCUT2D eigenvalue weighted by Crippen LogP contribution is 2.09. The van der Waals surface area contributed by atoms with Gasteiger partial charge in [0.1, 0.15) is 0 Å². The molecule has 0 fully saturated rings. The summed E-state index contributed by atoms with van der Waals surface area (Å²) in [7, 11) is 2.01. The molecule has 0 saturated heterocycles. The van der Waals surface area contributed by atoms with Crippen molar-refractivity contribution in [1.82, 2.24) is 5.32 Å². The lowest BCUT2D eigenvalue weighted by atomic mass is 10.0. The van der Waals surface area contributed by atoms with E-state index in [1.807, 2.05) is 7.05 Å². The lowest BCUT2D eigenvalue weighted by molar-refractivity contribution is 0.538. The second-order valence-corrected chi connectivity index (χ2v) is 3.33. The fourth-order valence-electron chi connectivity index (χ4n) is 1.40. The van der Waals surface area contributed by atoms with E-state index in [0.29, 0.717) is 0 Å². The molecule has 1 heteroatoms. The molecule has 0 aliphatic heterocycles. The van der Waals surface area contributed by atoms with Crippen LogP contribution in [-0.4, -0.2) is 13.6 Å². The van der Waals surface area contributed by atoms with Gasteiger partial charge in [-0.3, -0.25) is 0 Å². The fraction of sp³-hybridized carbons (Fsp3) is 0.800. The van der Waals surface area contributed by atoms with Gasteiger partial charge in [0.05, 0.1) is 0 Å². The van der Waals surface area contributed by atoms with E-state index < -0.39 is 0 Å². The molecule has 1 unspecified atom stereocenters. The van der Waals surface area contributed by atoms with Gasteiger partial charge in [-0.25, -0.2) is 0 Å². The largest absolute Gasteiger partial charge is 0.319 e. The third-order valence-corrected chi connectivity index (χ3v) is 1.78. The van der Waals surface area contributed by atoms with Crippen molar-refractivity contribution in [3.63, 3.8) is 0 Å². The summed E-state index contributed by atoms with van der Waals surface area (Å²) in [5.74, 6) is 0.766. The molecular formula is C10H21N. The summed E-state index contributed by atoms with van der Waals surface area (Å²) in [6.45, 7) is 7.81. The van der Waals surface area contributed by atoms with Crippen LogP contribution in [0.1, 0.15) is 33.6 Å². The van der Waals surface area contributed by atoms with Crippen LogP contribution in [0.15, 0.2) is 11.6 Å². The lowest BCUT2D eigenvalue weighted by Gasteiger charge is -2.10. The zero-order chi connectivity index (χ0) is 8.69. The maximum Gasteiger partial charge on any atom is -0.00231 e. The van der Waals surface area contributed by atoms with Crippen LogP contribution in [0, 0.1) is 5.92 Å². The van der Waals surface area contributed by atoms with E-state index in [4.69, 9.17) is 0 Å². The Hall–Kier alpha value is -0.300. The Morgan fingerprint density at radius 3 is 2.64 bits per heavy atom. The number of hydrogen-bond donors (Lipinski definition) is 1. The molecule has 0 rings (SSSR count). The topological polar surface area (TPSA) is 12.0 Å². The van der Waals surface area contributed by atoms with Crippen LogP contribution in [-0.2, 0) is 0 Å². The molecule has 0 aliphatic carbocycles. The van der Waals surface area contributed by atoms with Gasteiger partial charge in [-0.05, 0) is 39.3 Å². The first-order valence-corrected chi connectivity index (χ1v) is 4.50. The van der Waals surface area contributed by atoms with Gasteiger partial charge in [-0.1, -0.05) is 25.5 Å². The van der Waals surface area contributed by atoms with Crippen LogP contribution < -0.4 is 5.32 Å². The van der Waals surface area contributed by atoms with Crippen molar-refractivity contribution in [3.05, 3.63) is 11.6 Å². The van der Waals surface area contributed by atoms with Crippen molar-refractivity contribution >= 4 is 0 Å². The first-order valence-electron chi connectivity index (χ1n) is 4.50. The molecule has 0 heterocycles. The Kier molecular flexibility index (Phi) is 6.24. The van der Waals surface area contributed by atoms with Crippen molar-refractivity contribution in [1.29, 1.82) is 0 Å². The minimum atomic E-state index is 0.766. The summed E-state index contributed by atoms with van der Waals surface area (Å²) in [4.78, 5) is 0. The summed E-state index contributed by atoms with van der Waals surface area (Å²) in [6, 6.07) is 0. The highest BCUT2D eigenvalue weighted by Gasteiger charge is 1.99. The molecule has 0 spiro atoms. The Morgan fingerprint density at radius 1 is 1.55 bits per heavy atom. The van der Waals surface area contributed by atoms with Crippen LogP contribution in [0.2, 0.25) is 0 Å². The van der Waals surface area contributed by atoms with E-state index in [-0.39, 0.29) is 0 Å². The van der Waals surface area contributed by atoms with Gasteiger partial charge in [-0.2, -0.15) is 0 Å². The second-order valence-electron chi connectivity index (χ2n) is 3.33. The number of hydrogen-bond acceptors (Lipinski definition) is 1. The molecule has 1 N–H and O–H groups in total. The van der Waals surface area contributed by atoms with E-state index in [1.54, 1.807) is 0 Å². The Labute approximate surface area is 70.9 Å². The monoisotopic (exact) mass is 155 g/mol. The Morgan fingerprint density at radius 2 is 2.18 bits per heavy atom. The molecule has 0 aliphatic rings. The molecule has 66 valence electrons. The molecule has 0 aromatic carbocycles. The molecule has 1 nitrogen and oxygen atoms in total. The molecule has 0 bridgehead atoms. The zero-order valence-electron chi connectivity index (χ0n) is 8.28. The van der Waals surface area contributed by atoms with Crippen LogP contribution in [0.25, 0.3) is 0 Å². The van der Waals surface area contributed by atoms with E-state index in [0.717, 1.165) is 18.9 Å². The van der Waals surface area contributed by atoms with Gasteiger partial charge < -0.3 is 5.32 Å². The number of rotatable bonds is 5. The highest BCUT2D eigenvalue weighted by atomic mass is 14.8. The van der Waals surface area contributed by atoms with Gasteiger partial charge in [0.2, 0.25) is 0 Å². The maximum atomic E-state index is 3.19. The minimum Gasteiger partial charge on any atom is -0.319 e. The first kappa shape index (κ1) is 10.7. The molecule has 0 aromatic rings. The van der Waals surface area contributed by atoms with E-state index in [1.165, 1.54) is 12.0 Å². The third-order valence-electron chi connectivity index (χ3n) is 1.78. The van der Waals surface area contributed by atoms with E-state index in [9.17, 15) is 0 Å². The van der Waals surface area contributed by atoms with Crippen molar-refractivity contribution in [3.8, 4) is 0 Å². The van der Waals surface area contributed by atoms with Gasteiger partial charge in [0, 0.05) is 0 Å². The number of allylic oxidation sites excluding steroid dienone is 2. The van der Waals surface area contributed by atoms with Crippen LogP contribution in [0.5, 0.6) is 0 Å². The SMILES string of the molecule is CC/C=C(\C)CC(C)CNC. The smallest absolute Gasteiger partial charge is 0.00231 e. The molecule has 0 aromatic heterocycles. The van der Waals surface area contributed by atoms with Crippen molar-refractivity contribution in [2.75, 3.05) is 13.6 Å². The molecular weight excluding hydrogens is 134 g/mol. The summed E-state index contributed by atoms with van der Waals surface area (Å²) >= 11 is 0. The van der Waals surface area contributed by atoms with Gasteiger partial charge >= 0.3 is 0 Å². The van der Waals surface area contributed by atoms with Gasteiger partial charge in [0.25, 0.3) is 0 Å². The van der Waals surface area contributed by atoms with E-state index in [2.05, 4.69) is 32.2 Å². The van der Waals surface area contributed by atoms with Gasteiger partial charge in [0.15, 0.2) is 0 Å². The molecule has 0 amide bonds. The normalized spacial score (nSPS) is 15.1. The van der Waals surface area contributed by atoms with Crippen molar-refractivity contribution in [2.24, 2.45) is 5.92 Å². The minimum absolute atomic E-state index is 0.766. The first-order chi connectivity index (χ1) is 5.20. The third kappa shape index (κ3) is 6.11. The standard InChI is InChI=1S/C10H21N/c1-5-6-9(2)7-10(3)8-11-4/h6,10-11H,5,7-8H2,1-4H3/b9-6+. The fourth-order valence-corrected chi connectivity index (χ4v) is 1.40. The average Bonchev–Trinajstić information content (AvgIpc) is 1.87. The van der Waals surface area contributed by atoms with Crippen LogP contribution >= 0.6 is 0 Å². The average molecular weight is 155 g/mol. The predicted octanol–water partition coefficient (Wildman–Crippen LogP) is 2.59. The lowest BCUT2D eigenvalue weighted by Crippen LogP contribution is -2.16. The number of nitrogens with one attached hydrogen (secondary N) is 1. The summed E-state index contributed by atoms with van der Waals surface area (Å²) < 4.78 is 0. The summed E-state index contributed by atoms with van der Waals surface area (Å²) in [5, 5.41) is 3.19. The van der Waals surface area contributed by atoms with Gasteiger partial charge in [-0.15, -0.1) is 0 Å². The summed E-state index contributed by atoms with van der Waals surface area (Å²) in [5.41, 5.74) is 1.52. The van der Waals surface area contributed by atoms with E-state index >= 15 is 0 Å². The molecule has 1 atom stereocenters. The van der Waals surface area contributed by atoms with Crippen LogP contribution in [0.3, 0.4) is 0 Å². The van der Waals surface area contributed by atoms with Crippen molar-refractivity contribution in [2.45, 2.75) is 33.6 Å². The van der Waals surface area contributed by atoms with Crippen LogP contribution in [0.4, 0.5) is 0 Å².